The molecule has 0 atom stereocenters. The van der Waals surface area contributed by atoms with Crippen LogP contribution in [0.4, 0.5) is 5.69 Å². The standard InChI is InChI=1S/C23H21N3O4/c1-14-5-3-4-6-19(14)22(29)24-17-9-7-16(8-10-17)15(2)25-26-23(30)20-13-18(27)11-12-21(20)28/h3-13,27-28H,1-2H3,(H,24,29)(H,26,30). The van der Waals surface area contributed by atoms with Crippen LogP contribution < -0.4 is 10.7 Å². The van der Waals surface area contributed by atoms with E-state index >= 15 is 0 Å². The second kappa shape index (κ2) is 8.91. The largest absolute Gasteiger partial charge is 0.508 e. The fraction of sp³-hybridized carbons (Fsp3) is 0.0870. The number of aryl methyl sites for hydroxylation is 1. The fourth-order valence-electron chi connectivity index (χ4n) is 2.79. The van der Waals surface area contributed by atoms with Gasteiger partial charge in [0.25, 0.3) is 11.8 Å². The van der Waals surface area contributed by atoms with Crippen molar-refractivity contribution in [3.05, 3.63) is 89.0 Å². The Kier molecular flexibility index (Phi) is 6.12. The average Bonchev–Trinajstić information content (AvgIpc) is 2.74. The molecule has 152 valence electrons. The molecule has 3 rings (SSSR count). The average molecular weight is 403 g/mol. The third-order valence-corrected chi connectivity index (χ3v) is 4.50. The normalized spacial score (nSPS) is 11.1. The first-order valence-electron chi connectivity index (χ1n) is 9.19. The number of aromatic hydroxyl groups is 2. The highest BCUT2D eigenvalue weighted by Crippen LogP contribution is 2.21. The van der Waals surface area contributed by atoms with Gasteiger partial charge in [-0.05, 0) is 61.4 Å². The van der Waals surface area contributed by atoms with E-state index in [2.05, 4.69) is 15.8 Å². The molecule has 7 heteroatoms. The van der Waals surface area contributed by atoms with Crippen molar-refractivity contribution in [2.45, 2.75) is 13.8 Å². The summed E-state index contributed by atoms with van der Waals surface area (Å²) in [5, 5.41) is 26.1. The molecule has 0 aromatic heterocycles. The lowest BCUT2D eigenvalue weighted by Crippen LogP contribution is -2.19. The Balaban J connectivity index is 1.66. The van der Waals surface area contributed by atoms with Crippen LogP contribution >= 0.6 is 0 Å². The van der Waals surface area contributed by atoms with E-state index in [1.165, 1.54) is 12.1 Å². The summed E-state index contributed by atoms with van der Waals surface area (Å²) in [5.74, 6) is -1.23. The highest BCUT2D eigenvalue weighted by molar-refractivity contribution is 6.06. The molecular formula is C23H21N3O4. The Morgan fingerprint density at radius 1 is 0.867 bits per heavy atom. The zero-order valence-electron chi connectivity index (χ0n) is 16.5. The Morgan fingerprint density at radius 2 is 1.57 bits per heavy atom. The second-order valence-corrected chi connectivity index (χ2v) is 6.69. The minimum absolute atomic E-state index is 0.0826. The molecule has 0 aliphatic rings. The smallest absolute Gasteiger partial charge is 0.275 e. The number of carbonyl (C=O) groups is 2. The van der Waals surface area contributed by atoms with E-state index in [1.54, 1.807) is 37.3 Å². The number of benzene rings is 3. The number of nitrogens with one attached hydrogen (secondary N) is 2. The van der Waals surface area contributed by atoms with Crippen LogP contribution in [0.25, 0.3) is 0 Å². The van der Waals surface area contributed by atoms with Crippen LogP contribution in [0.5, 0.6) is 11.5 Å². The Hall–Kier alpha value is -4.13. The van der Waals surface area contributed by atoms with Crippen molar-refractivity contribution in [3.8, 4) is 11.5 Å². The van der Waals surface area contributed by atoms with Crippen LogP contribution in [0.2, 0.25) is 0 Å². The number of hydrazone groups is 1. The molecule has 0 aliphatic heterocycles. The third kappa shape index (κ3) is 4.82. The van der Waals surface area contributed by atoms with Crippen molar-refractivity contribution in [3.63, 3.8) is 0 Å². The molecule has 3 aromatic rings. The van der Waals surface area contributed by atoms with Gasteiger partial charge < -0.3 is 15.5 Å². The van der Waals surface area contributed by atoms with E-state index in [-0.39, 0.29) is 23.0 Å². The van der Waals surface area contributed by atoms with Crippen molar-refractivity contribution in [1.82, 2.24) is 5.43 Å². The monoisotopic (exact) mass is 403 g/mol. The van der Waals surface area contributed by atoms with Gasteiger partial charge in [0.15, 0.2) is 0 Å². The van der Waals surface area contributed by atoms with Gasteiger partial charge in [0.2, 0.25) is 0 Å². The van der Waals surface area contributed by atoms with Crippen molar-refractivity contribution < 1.29 is 19.8 Å². The predicted molar refractivity (Wildman–Crippen MR) is 115 cm³/mol. The summed E-state index contributed by atoms with van der Waals surface area (Å²) in [6.07, 6.45) is 0. The highest BCUT2D eigenvalue weighted by atomic mass is 16.3. The molecule has 4 N–H and O–H groups in total. The lowest BCUT2D eigenvalue weighted by Gasteiger charge is -2.09. The quantitative estimate of drug-likeness (QED) is 0.295. The van der Waals surface area contributed by atoms with Gasteiger partial charge in [-0.2, -0.15) is 5.10 Å². The molecule has 0 saturated carbocycles. The fourth-order valence-corrected chi connectivity index (χ4v) is 2.79. The van der Waals surface area contributed by atoms with Gasteiger partial charge in [-0.15, -0.1) is 0 Å². The molecular weight excluding hydrogens is 382 g/mol. The molecule has 0 saturated heterocycles. The maximum Gasteiger partial charge on any atom is 0.275 e. The van der Waals surface area contributed by atoms with E-state index in [4.69, 9.17) is 0 Å². The van der Waals surface area contributed by atoms with Crippen molar-refractivity contribution in [2.75, 3.05) is 5.32 Å². The van der Waals surface area contributed by atoms with Crippen molar-refractivity contribution in [1.29, 1.82) is 0 Å². The van der Waals surface area contributed by atoms with E-state index in [1.807, 2.05) is 25.1 Å². The van der Waals surface area contributed by atoms with Gasteiger partial charge in [0.05, 0.1) is 11.3 Å². The van der Waals surface area contributed by atoms with Crippen LogP contribution in [0.15, 0.2) is 71.8 Å². The van der Waals surface area contributed by atoms with Crippen LogP contribution in [0.3, 0.4) is 0 Å². The lowest BCUT2D eigenvalue weighted by molar-refractivity contribution is 0.0951. The molecule has 0 fully saturated rings. The van der Waals surface area contributed by atoms with Gasteiger partial charge >= 0.3 is 0 Å². The Labute approximate surface area is 173 Å². The van der Waals surface area contributed by atoms with Gasteiger partial charge in [0.1, 0.15) is 11.5 Å². The number of amides is 2. The first kappa shape index (κ1) is 20.6. The molecule has 0 bridgehead atoms. The summed E-state index contributed by atoms with van der Waals surface area (Å²) in [6.45, 7) is 3.59. The van der Waals surface area contributed by atoms with E-state index in [0.29, 0.717) is 17.0 Å². The first-order chi connectivity index (χ1) is 14.3. The number of rotatable bonds is 5. The Morgan fingerprint density at radius 3 is 2.27 bits per heavy atom. The van der Waals surface area contributed by atoms with Crippen LogP contribution in [-0.2, 0) is 0 Å². The highest BCUT2D eigenvalue weighted by Gasteiger charge is 2.12. The molecule has 3 aromatic carbocycles. The van der Waals surface area contributed by atoms with Crippen molar-refractivity contribution >= 4 is 23.2 Å². The summed E-state index contributed by atoms with van der Waals surface area (Å²) >= 11 is 0. The SMILES string of the molecule is CC(=NNC(=O)c1cc(O)ccc1O)c1ccc(NC(=O)c2ccccc2C)cc1. The second-order valence-electron chi connectivity index (χ2n) is 6.69. The summed E-state index contributed by atoms with van der Waals surface area (Å²) in [7, 11) is 0. The van der Waals surface area contributed by atoms with Gasteiger partial charge in [-0.25, -0.2) is 5.43 Å². The molecule has 0 aliphatic carbocycles. The molecule has 0 heterocycles. The number of phenols is 2. The van der Waals surface area contributed by atoms with Crippen LogP contribution in [0.1, 0.15) is 38.8 Å². The molecule has 0 radical (unpaired) electrons. The zero-order chi connectivity index (χ0) is 21.7. The zero-order valence-corrected chi connectivity index (χ0v) is 16.5. The summed E-state index contributed by atoms with van der Waals surface area (Å²) in [5.41, 5.74) is 5.67. The number of anilines is 1. The summed E-state index contributed by atoms with van der Waals surface area (Å²) < 4.78 is 0. The van der Waals surface area contributed by atoms with Crippen LogP contribution in [0, 0.1) is 6.92 Å². The topological polar surface area (TPSA) is 111 Å². The summed E-state index contributed by atoms with van der Waals surface area (Å²) in [4.78, 5) is 24.6. The van der Waals surface area contributed by atoms with Gasteiger partial charge in [0, 0.05) is 11.3 Å². The number of phenolic OH excluding ortho intramolecular Hbond substituents is 2. The minimum atomic E-state index is -0.648. The van der Waals surface area contributed by atoms with Crippen LogP contribution in [-0.4, -0.2) is 27.7 Å². The van der Waals surface area contributed by atoms with Gasteiger partial charge in [-0.3, -0.25) is 9.59 Å². The van der Waals surface area contributed by atoms with E-state index in [0.717, 1.165) is 17.2 Å². The van der Waals surface area contributed by atoms with Crippen molar-refractivity contribution in [2.24, 2.45) is 5.10 Å². The molecule has 0 unspecified atom stereocenters. The van der Waals surface area contributed by atoms with E-state index in [9.17, 15) is 19.8 Å². The Bertz CT molecular complexity index is 1120. The molecule has 2 amide bonds. The number of carbonyl (C=O) groups excluding carboxylic acids is 2. The third-order valence-electron chi connectivity index (χ3n) is 4.50. The predicted octanol–water partition coefficient (Wildman–Crippen LogP) is 3.81. The molecule has 7 nitrogen and oxygen atoms in total. The summed E-state index contributed by atoms with van der Waals surface area (Å²) in [6, 6.07) is 18.0. The lowest BCUT2D eigenvalue weighted by atomic mass is 10.1. The number of hydrogen-bond acceptors (Lipinski definition) is 5. The number of nitrogens with zero attached hydrogens (tertiary/aromatic N) is 1. The molecule has 30 heavy (non-hydrogen) atoms. The first-order valence-corrected chi connectivity index (χ1v) is 9.19. The maximum absolute atomic E-state index is 12.4. The van der Waals surface area contributed by atoms with Gasteiger partial charge in [-0.1, -0.05) is 30.3 Å². The molecule has 0 spiro atoms. The maximum atomic E-state index is 12.4. The van der Waals surface area contributed by atoms with E-state index < -0.39 is 5.91 Å². The minimum Gasteiger partial charge on any atom is -0.508 e. The number of hydrogen-bond donors (Lipinski definition) is 4.